The lowest BCUT2D eigenvalue weighted by Crippen LogP contribution is -2.51. The highest BCUT2D eigenvalue weighted by atomic mass is 16.6. The third kappa shape index (κ3) is 5.15. The van der Waals surface area contributed by atoms with Gasteiger partial charge in [-0.25, -0.2) is 4.79 Å². The van der Waals surface area contributed by atoms with E-state index in [1.165, 1.54) is 0 Å². The van der Waals surface area contributed by atoms with Gasteiger partial charge < -0.3 is 15.0 Å². The zero-order valence-electron chi connectivity index (χ0n) is 17.4. The first-order valence-corrected chi connectivity index (χ1v) is 10.1. The van der Waals surface area contributed by atoms with Crippen molar-refractivity contribution < 1.29 is 14.3 Å². The SMILES string of the molecule is CCOC(=O)N1CCN(C(C(=O)Nc2cc(C)ccc2C)c2ccccc2)CC1. The average Bonchev–Trinajstić information content (AvgIpc) is 2.72. The maximum absolute atomic E-state index is 13.3. The Morgan fingerprint density at radius 3 is 2.38 bits per heavy atom. The molecule has 2 amide bonds. The van der Waals surface area contributed by atoms with Gasteiger partial charge in [-0.15, -0.1) is 0 Å². The Morgan fingerprint density at radius 1 is 1.03 bits per heavy atom. The quantitative estimate of drug-likeness (QED) is 0.837. The molecule has 1 N–H and O–H groups in total. The molecule has 29 heavy (non-hydrogen) atoms. The van der Waals surface area contributed by atoms with Crippen LogP contribution in [0, 0.1) is 13.8 Å². The average molecular weight is 396 g/mol. The third-order valence-corrected chi connectivity index (χ3v) is 5.22. The standard InChI is InChI=1S/C23H29N3O3/c1-4-29-23(28)26-14-12-25(13-15-26)21(19-8-6-5-7-9-19)22(27)24-20-16-17(2)10-11-18(20)3/h5-11,16,21H,4,12-15H2,1-3H3,(H,24,27). The summed E-state index contributed by atoms with van der Waals surface area (Å²) in [5.41, 5.74) is 3.91. The number of hydrogen-bond acceptors (Lipinski definition) is 4. The van der Waals surface area contributed by atoms with Crippen LogP contribution in [-0.2, 0) is 9.53 Å². The maximum Gasteiger partial charge on any atom is 0.409 e. The van der Waals surface area contributed by atoms with Crippen LogP contribution in [0.3, 0.4) is 0 Å². The number of anilines is 1. The molecule has 1 saturated heterocycles. The Morgan fingerprint density at radius 2 is 1.72 bits per heavy atom. The molecule has 1 atom stereocenters. The highest BCUT2D eigenvalue weighted by Gasteiger charge is 2.32. The number of amides is 2. The molecule has 154 valence electrons. The van der Waals surface area contributed by atoms with Crippen LogP contribution in [0.4, 0.5) is 10.5 Å². The van der Waals surface area contributed by atoms with Crippen molar-refractivity contribution in [3.63, 3.8) is 0 Å². The molecular formula is C23H29N3O3. The monoisotopic (exact) mass is 395 g/mol. The van der Waals surface area contributed by atoms with Gasteiger partial charge in [0.25, 0.3) is 0 Å². The molecule has 0 radical (unpaired) electrons. The van der Waals surface area contributed by atoms with E-state index in [0.29, 0.717) is 32.8 Å². The van der Waals surface area contributed by atoms with Gasteiger partial charge in [0.05, 0.1) is 6.61 Å². The van der Waals surface area contributed by atoms with Crippen LogP contribution in [0.15, 0.2) is 48.5 Å². The number of nitrogens with zero attached hydrogens (tertiary/aromatic N) is 2. The lowest BCUT2D eigenvalue weighted by Gasteiger charge is -2.38. The Kier molecular flexibility index (Phi) is 6.88. The Labute approximate surface area is 172 Å². The fourth-order valence-electron chi connectivity index (χ4n) is 3.61. The van der Waals surface area contributed by atoms with Crippen molar-refractivity contribution in [2.75, 3.05) is 38.1 Å². The van der Waals surface area contributed by atoms with Gasteiger partial charge in [0.2, 0.25) is 5.91 Å². The van der Waals surface area contributed by atoms with E-state index in [1.54, 1.807) is 11.8 Å². The van der Waals surface area contributed by atoms with Crippen molar-refractivity contribution in [1.82, 2.24) is 9.80 Å². The summed E-state index contributed by atoms with van der Waals surface area (Å²) >= 11 is 0. The zero-order chi connectivity index (χ0) is 20.8. The molecule has 6 heteroatoms. The Bertz CT molecular complexity index is 846. The Hall–Kier alpha value is -2.86. The normalized spacial score (nSPS) is 15.6. The predicted molar refractivity (Wildman–Crippen MR) is 114 cm³/mol. The number of nitrogens with one attached hydrogen (secondary N) is 1. The summed E-state index contributed by atoms with van der Waals surface area (Å²) in [4.78, 5) is 29.2. The lowest BCUT2D eigenvalue weighted by molar-refractivity contribution is -0.122. The number of benzene rings is 2. The van der Waals surface area contributed by atoms with Gasteiger partial charge in [-0.05, 0) is 43.5 Å². The number of rotatable bonds is 5. The van der Waals surface area contributed by atoms with Gasteiger partial charge in [0.1, 0.15) is 6.04 Å². The van der Waals surface area contributed by atoms with Gasteiger partial charge >= 0.3 is 6.09 Å². The van der Waals surface area contributed by atoms with E-state index >= 15 is 0 Å². The van der Waals surface area contributed by atoms with Crippen LogP contribution in [-0.4, -0.2) is 54.6 Å². The van der Waals surface area contributed by atoms with E-state index in [1.807, 2.05) is 62.4 Å². The number of ether oxygens (including phenoxy) is 1. The summed E-state index contributed by atoms with van der Waals surface area (Å²) < 4.78 is 5.10. The first-order chi connectivity index (χ1) is 14.0. The molecular weight excluding hydrogens is 366 g/mol. The number of piperazine rings is 1. The van der Waals surface area contributed by atoms with Crippen molar-refractivity contribution in [1.29, 1.82) is 0 Å². The minimum atomic E-state index is -0.416. The smallest absolute Gasteiger partial charge is 0.409 e. The van der Waals surface area contributed by atoms with E-state index in [2.05, 4.69) is 10.2 Å². The van der Waals surface area contributed by atoms with Gasteiger partial charge in [-0.3, -0.25) is 9.69 Å². The Balaban J connectivity index is 1.78. The molecule has 1 fully saturated rings. The summed E-state index contributed by atoms with van der Waals surface area (Å²) in [5.74, 6) is -0.0607. The first kappa shape index (κ1) is 20.9. The highest BCUT2D eigenvalue weighted by molar-refractivity contribution is 5.96. The highest BCUT2D eigenvalue weighted by Crippen LogP contribution is 2.26. The van der Waals surface area contributed by atoms with E-state index in [4.69, 9.17) is 4.74 Å². The number of aryl methyl sites for hydroxylation is 2. The first-order valence-electron chi connectivity index (χ1n) is 10.1. The number of carbonyl (C=O) groups excluding carboxylic acids is 2. The molecule has 0 bridgehead atoms. The lowest BCUT2D eigenvalue weighted by atomic mass is 10.0. The van der Waals surface area contributed by atoms with E-state index in [0.717, 1.165) is 22.4 Å². The molecule has 2 aromatic carbocycles. The molecule has 1 aliphatic rings. The number of hydrogen-bond donors (Lipinski definition) is 1. The molecule has 0 spiro atoms. The molecule has 6 nitrogen and oxygen atoms in total. The molecule has 3 rings (SSSR count). The molecule has 1 aliphatic heterocycles. The molecule has 1 heterocycles. The maximum atomic E-state index is 13.3. The molecule has 1 unspecified atom stereocenters. The predicted octanol–water partition coefficient (Wildman–Crippen LogP) is 3.76. The van der Waals surface area contributed by atoms with Gasteiger partial charge in [0, 0.05) is 31.9 Å². The minimum absolute atomic E-state index is 0.0607. The van der Waals surface area contributed by atoms with Crippen molar-refractivity contribution in [2.24, 2.45) is 0 Å². The molecule has 2 aromatic rings. The molecule has 0 aromatic heterocycles. The van der Waals surface area contributed by atoms with Gasteiger partial charge in [-0.1, -0.05) is 42.5 Å². The fourth-order valence-corrected chi connectivity index (χ4v) is 3.61. The fraction of sp³-hybridized carbons (Fsp3) is 0.391. The second-order valence-corrected chi connectivity index (χ2v) is 7.34. The summed E-state index contributed by atoms with van der Waals surface area (Å²) in [6.45, 7) is 8.47. The number of carbonyl (C=O) groups is 2. The third-order valence-electron chi connectivity index (χ3n) is 5.22. The van der Waals surface area contributed by atoms with Crippen LogP contribution in [0.25, 0.3) is 0 Å². The van der Waals surface area contributed by atoms with E-state index < -0.39 is 6.04 Å². The van der Waals surface area contributed by atoms with Crippen molar-refractivity contribution >= 4 is 17.7 Å². The van der Waals surface area contributed by atoms with E-state index in [-0.39, 0.29) is 12.0 Å². The molecule has 0 aliphatic carbocycles. The van der Waals surface area contributed by atoms with E-state index in [9.17, 15) is 9.59 Å². The van der Waals surface area contributed by atoms with Gasteiger partial charge in [-0.2, -0.15) is 0 Å². The molecule has 0 saturated carbocycles. The van der Waals surface area contributed by atoms with Crippen molar-refractivity contribution in [3.05, 3.63) is 65.2 Å². The summed E-state index contributed by atoms with van der Waals surface area (Å²) in [6, 6.07) is 15.4. The van der Waals surface area contributed by atoms with Crippen molar-refractivity contribution in [2.45, 2.75) is 26.8 Å². The zero-order valence-corrected chi connectivity index (χ0v) is 17.4. The second-order valence-electron chi connectivity index (χ2n) is 7.34. The van der Waals surface area contributed by atoms with Crippen LogP contribution in [0.5, 0.6) is 0 Å². The summed E-state index contributed by atoms with van der Waals surface area (Å²) in [6.07, 6.45) is -0.289. The van der Waals surface area contributed by atoms with Crippen LogP contribution < -0.4 is 5.32 Å². The summed E-state index contributed by atoms with van der Waals surface area (Å²) in [7, 11) is 0. The minimum Gasteiger partial charge on any atom is -0.450 e. The van der Waals surface area contributed by atoms with Gasteiger partial charge in [0.15, 0.2) is 0 Å². The topological polar surface area (TPSA) is 61.9 Å². The van der Waals surface area contributed by atoms with Crippen LogP contribution in [0.2, 0.25) is 0 Å². The van der Waals surface area contributed by atoms with Crippen LogP contribution >= 0.6 is 0 Å². The summed E-state index contributed by atoms with van der Waals surface area (Å²) in [5, 5.41) is 3.12. The van der Waals surface area contributed by atoms with Crippen molar-refractivity contribution in [3.8, 4) is 0 Å². The second kappa shape index (κ2) is 9.56. The largest absolute Gasteiger partial charge is 0.450 e. The van der Waals surface area contributed by atoms with Crippen LogP contribution in [0.1, 0.15) is 29.7 Å².